The van der Waals surface area contributed by atoms with Crippen molar-refractivity contribution >= 4 is 50.5 Å². The van der Waals surface area contributed by atoms with E-state index in [-0.39, 0.29) is 17.6 Å². The van der Waals surface area contributed by atoms with Crippen molar-refractivity contribution in [1.82, 2.24) is 4.90 Å². The fourth-order valence-corrected chi connectivity index (χ4v) is 6.08. The van der Waals surface area contributed by atoms with Gasteiger partial charge in [-0.3, -0.25) is 9.69 Å². The minimum Gasteiger partial charge on any atom is -0.490 e. The number of carbonyl (C=O) groups is 1. The molecule has 0 atom stereocenters. The topological polar surface area (TPSA) is 51.1 Å². The number of hydrogen-bond donors (Lipinski definition) is 0. The molecule has 1 aliphatic carbocycles. The molecule has 2 aliphatic rings. The molecule has 5 nitrogen and oxygen atoms in total. The van der Waals surface area contributed by atoms with Gasteiger partial charge in [-0.25, -0.2) is 9.38 Å². The lowest BCUT2D eigenvalue weighted by atomic mass is 9.94. The number of amidine groups is 1. The van der Waals surface area contributed by atoms with Crippen LogP contribution in [0.4, 0.5) is 10.1 Å². The van der Waals surface area contributed by atoms with Crippen molar-refractivity contribution in [3.63, 3.8) is 0 Å². The molecule has 202 valence electrons. The number of thioether (sulfide) groups is 1. The SMILES string of the molecule is CCOc1cc(/C=C2\SC(=Nc3ccccc3F)N(C3CCCCC3)C2=O)ccc1OCc1ccc(Br)cc1. The van der Waals surface area contributed by atoms with Gasteiger partial charge in [-0.05, 0) is 85.1 Å². The highest BCUT2D eigenvalue weighted by molar-refractivity contribution is 9.10. The van der Waals surface area contributed by atoms with Crippen molar-refractivity contribution in [2.24, 2.45) is 4.99 Å². The van der Waals surface area contributed by atoms with Crippen molar-refractivity contribution in [3.8, 4) is 11.5 Å². The van der Waals surface area contributed by atoms with E-state index in [1.165, 1.54) is 24.2 Å². The van der Waals surface area contributed by atoms with Crippen LogP contribution in [0.15, 0.2) is 81.1 Å². The largest absolute Gasteiger partial charge is 0.490 e. The van der Waals surface area contributed by atoms with Crippen molar-refractivity contribution in [1.29, 1.82) is 0 Å². The Kier molecular flexibility index (Phi) is 9.04. The molecule has 0 bridgehead atoms. The fraction of sp³-hybridized carbons (Fsp3) is 0.290. The van der Waals surface area contributed by atoms with E-state index in [1.54, 1.807) is 23.1 Å². The Morgan fingerprint density at radius 3 is 2.54 bits per heavy atom. The van der Waals surface area contributed by atoms with E-state index in [9.17, 15) is 9.18 Å². The molecule has 1 heterocycles. The summed E-state index contributed by atoms with van der Waals surface area (Å²) in [5.41, 5.74) is 2.10. The van der Waals surface area contributed by atoms with Gasteiger partial charge in [0.1, 0.15) is 18.1 Å². The summed E-state index contributed by atoms with van der Waals surface area (Å²) in [5, 5.41) is 0.530. The molecule has 2 fully saturated rings. The second kappa shape index (κ2) is 12.8. The first-order valence-corrected chi connectivity index (χ1v) is 14.8. The Hall–Kier alpha value is -3.10. The normalized spacial score (nSPS) is 18.2. The average molecular weight is 610 g/mol. The summed E-state index contributed by atoms with van der Waals surface area (Å²) >= 11 is 4.75. The average Bonchev–Trinajstić information content (AvgIpc) is 3.25. The van der Waals surface area contributed by atoms with E-state index in [0.29, 0.717) is 34.8 Å². The molecule has 1 saturated heterocycles. The van der Waals surface area contributed by atoms with Gasteiger partial charge in [0.2, 0.25) is 0 Å². The van der Waals surface area contributed by atoms with Crippen LogP contribution in [0.25, 0.3) is 6.08 Å². The van der Waals surface area contributed by atoms with Crippen LogP contribution in [-0.2, 0) is 11.4 Å². The molecule has 3 aromatic carbocycles. The first kappa shape index (κ1) is 27.5. The van der Waals surface area contributed by atoms with Gasteiger partial charge in [-0.2, -0.15) is 0 Å². The van der Waals surface area contributed by atoms with Crippen LogP contribution in [0.3, 0.4) is 0 Å². The van der Waals surface area contributed by atoms with E-state index in [4.69, 9.17) is 9.47 Å². The molecule has 0 aromatic heterocycles. The van der Waals surface area contributed by atoms with E-state index in [1.807, 2.05) is 55.5 Å². The molecule has 8 heteroatoms. The number of hydrogen-bond acceptors (Lipinski definition) is 5. The summed E-state index contributed by atoms with van der Waals surface area (Å²) in [5.74, 6) is 0.761. The predicted molar refractivity (Wildman–Crippen MR) is 159 cm³/mol. The summed E-state index contributed by atoms with van der Waals surface area (Å²) in [4.78, 5) is 20.6. The van der Waals surface area contributed by atoms with Gasteiger partial charge in [0.25, 0.3) is 5.91 Å². The van der Waals surface area contributed by atoms with Crippen LogP contribution in [0.2, 0.25) is 0 Å². The number of aliphatic imine (C=N–C) groups is 1. The molecule has 1 saturated carbocycles. The molecule has 0 N–H and O–H groups in total. The van der Waals surface area contributed by atoms with Gasteiger partial charge in [-0.1, -0.05) is 65.5 Å². The summed E-state index contributed by atoms with van der Waals surface area (Å²) < 4.78 is 27.4. The van der Waals surface area contributed by atoms with Crippen LogP contribution in [0.1, 0.15) is 50.2 Å². The summed E-state index contributed by atoms with van der Waals surface area (Å²) in [6.45, 7) is 2.82. The third-order valence-corrected chi connectivity index (χ3v) is 8.23. The van der Waals surface area contributed by atoms with Gasteiger partial charge < -0.3 is 9.47 Å². The Labute approximate surface area is 241 Å². The van der Waals surface area contributed by atoms with Crippen LogP contribution < -0.4 is 9.47 Å². The van der Waals surface area contributed by atoms with E-state index in [0.717, 1.165) is 41.3 Å². The number of halogens is 2. The zero-order valence-electron chi connectivity index (χ0n) is 21.7. The van der Waals surface area contributed by atoms with Crippen LogP contribution in [-0.4, -0.2) is 28.6 Å². The van der Waals surface area contributed by atoms with Crippen LogP contribution >= 0.6 is 27.7 Å². The van der Waals surface area contributed by atoms with Crippen molar-refractivity contribution in [3.05, 3.63) is 93.1 Å². The predicted octanol–water partition coefficient (Wildman–Crippen LogP) is 8.50. The number of amides is 1. The number of benzene rings is 3. The van der Waals surface area contributed by atoms with E-state index >= 15 is 0 Å². The van der Waals surface area contributed by atoms with E-state index in [2.05, 4.69) is 20.9 Å². The van der Waals surface area contributed by atoms with Gasteiger partial charge in [0.05, 0.1) is 11.5 Å². The summed E-state index contributed by atoms with van der Waals surface area (Å²) in [6, 6.07) is 20.1. The molecule has 1 amide bonds. The minimum absolute atomic E-state index is 0.0727. The lowest BCUT2D eigenvalue weighted by molar-refractivity contribution is -0.124. The number of rotatable bonds is 8. The zero-order valence-corrected chi connectivity index (χ0v) is 24.1. The molecule has 39 heavy (non-hydrogen) atoms. The molecule has 0 radical (unpaired) electrons. The lowest BCUT2D eigenvalue weighted by Gasteiger charge is -2.30. The Bertz CT molecular complexity index is 1390. The molecule has 0 spiro atoms. The van der Waals surface area contributed by atoms with Crippen molar-refractivity contribution in [2.45, 2.75) is 51.7 Å². The summed E-state index contributed by atoms with van der Waals surface area (Å²) in [7, 11) is 0. The number of ether oxygens (including phenoxy) is 2. The van der Waals surface area contributed by atoms with Gasteiger partial charge in [-0.15, -0.1) is 0 Å². The highest BCUT2D eigenvalue weighted by atomic mass is 79.9. The minimum atomic E-state index is -0.404. The maximum Gasteiger partial charge on any atom is 0.267 e. The van der Waals surface area contributed by atoms with Crippen molar-refractivity contribution < 1.29 is 18.7 Å². The third-order valence-electron chi connectivity index (χ3n) is 6.72. The monoisotopic (exact) mass is 608 g/mol. The Morgan fingerprint density at radius 2 is 1.79 bits per heavy atom. The van der Waals surface area contributed by atoms with Crippen LogP contribution in [0.5, 0.6) is 11.5 Å². The van der Waals surface area contributed by atoms with Crippen LogP contribution in [0, 0.1) is 5.82 Å². The molecule has 3 aromatic rings. The summed E-state index contributed by atoms with van der Waals surface area (Å²) in [6.07, 6.45) is 7.02. The lowest BCUT2D eigenvalue weighted by Crippen LogP contribution is -2.40. The van der Waals surface area contributed by atoms with Gasteiger partial charge in [0.15, 0.2) is 16.7 Å². The highest BCUT2D eigenvalue weighted by Crippen LogP contribution is 2.39. The molecule has 5 rings (SSSR count). The fourth-order valence-electron chi connectivity index (χ4n) is 4.77. The number of para-hydroxylation sites is 1. The number of nitrogens with zero attached hydrogens (tertiary/aromatic N) is 2. The molecule has 1 aliphatic heterocycles. The van der Waals surface area contributed by atoms with Gasteiger partial charge >= 0.3 is 0 Å². The van der Waals surface area contributed by atoms with Gasteiger partial charge in [0, 0.05) is 10.5 Å². The molecular formula is C31H30BrFN2O3S. The smallest absolute Gasteiger partial charge is 0.267 e. The highest BCUT2D eigenvalue weighted by Gasteiger charge is 2.38. The molecule has 0 unspecified atom stereocenters. The second-order valence-electron chi connectivity index (χ2n) is 9.48. The van der Waals surface area contributed by atoms with E-state index < -0.39 is 5.82 Å². The first-order valence-electron chi connectivity index (χ1n) is 13.2. The second-order valence-corrected chi connectivity index (χ2v) is 11.4. The quantitative estimate of drug-likeness (QED) is 0.240. The molecular weight excluding hydrogens is 579 g/mol. The first-order chi connectivity index (χ1) is 19.0. The van der Waals surface area contributed by atoms with Crippen molar-refractivity contribution in [2.75, 3.05) is 6.61 Å². The standard InChI is InChI=1S/C31H30BrFN2O3S/c1-2-37-28-18-22(14-17-27(28)38-20-21-12-15-23(32)16-13-21)19-29-30(36)35(24-8-4-3-5-9-24)31(39-29)34-26-11-7-6-10-25(26)33/h6-7,10-19,24H,2-5,8-9,20H2,1H3/b29-19-,34-31?. The maximum atomic E-state index is 14.4. The maximum absolute atomic E-state index is 14.4. The number of carbonyl (C=O) groups excluding carboxylic acids is 1. The third kappa shape index (κ3) is 6.73. The Balaban J connectivity index is 1.42. The Morgan fingerprint density at radius 1 is 1.03 bits per heavy atom. The zero-order chi connectivity index (χ0) is 27.2.